The SMILES string of the molecule is COCCc1nn(C)c(N)c1-c1c(F)cccc1Cl. The van der Waals surface area contributed by atoms with Crippen molar-refractivity contribution in [2.24, 2.45) is 7.05 Å². The minimum absolute atomic E-state index is 0.292. The lowest BCUT2D eigenvalue weighted by molar-refractivity contribution is 0.201. The summed E-state index contributed by atoms with van der Waals surface area (Å²) in [4.78, 5) is 0. The van der Waals surface area contributed by atoms with E-state index in [1.165, 1.54) is 10.7 Å². The van der Waals surface area contributed by atoms with Crippen molar-refractivity contribution >= 4 is 17.4 Å². The maximum absolute atomic E-state index is 14.0. The summed E-state index contributed by atoms with van der Waals surface area (Å²) < 4.78 is 20.6. The fourth-order valence-electron chi connectivity index (χ4n) is 1.98. The molecule has 0 aliphatic rings. The van der Waals surface area contributed by atoms with Crippen LogP contribution in [0.2, 0.25) is 5.02 Å². The third-order valence-corrected chi connectivity index (χ3v) is 3.23. The van der Waals surface area contributed by atoms with Gasteiger partial charge < -0.3 is 10.5 Å². The monoisotopic (exact) mass is 283 g/mol. The lowest BCUT2D eigenvalue weighted by atomic mass is 10.0. The van der Waals surface area contributed by atoms with E-state index < -0.39 is 5.82 Å². The number of benzene rings is 1. The second-order valence-electron chi connectivity index (χ2n) is 4.17. The Morgan fingerprint density at radius 2 is 2.16 bits per heavy atom. The van der Waals surface area contributed by atoms with E-state index >= 15 is 0 Å². The quantitative estimate of drug-likeness (QED) is 0.938. The fraction of sp³-hybridized carbons (Fsp3) is 0.308. The Hall–Kier alpha value is -1.59. The zero-order chi connectivity index (χ0) is 14.0. The largest absolute Gasteiger partial charge is 0.384 e. The molecule has 2 rings (SSSR count). The van der Waals surface area contributed by atoms with Crippen molar-refractivity contribution in [2.75, 3.05) is 19.5 Å². The maximum Gasteiger partial charge on any atom is 0.132 e. The number of aromatic nitrogens is 2. The normalized spacial score (nSPS) is 10.9. The molecule has 102 valence electrons. The number of nitrogens with two attached hydrogens (primary N) is 1. The Balaban J connectivity index is 2.60. The number of nitrogen functional groups attached to an aromatic ring is 1. The van der Waals surface area contributed by atoms with Crippen molar-refractivity contribution < 1.29 is 9.13 Å². The van der Waals surface area contributed by atoms with E-state index in [9.17, 15) is 4.39 Å². The zero-order valence-corrected chi connectivity index (χ0v) is 11.5. The van der Waals surface area contributed by atoms with Crippen molar-refractivity contribution in [2.45, 2.75) is 6.42 Å². The standard InChI is InChI=1S/C13H15ClFN3O/c1-18-13(16)12(10(17-18)6-7-19-2)11-8(14)4-3-5-9(11)15/h3-5H,6-7,16H2,1-2H3. The number of aryl methyl sites for hydroxylation is 1. The summed E-state index contributed by atoms with van der Waals surface area (Å²) in [7, 11) is 3.31. The third kappa shape index (κ3) is 2.57. The molecule has 0 aliphatic carbocycles. The smallest absolute Gasteiger partial charge is 0.132 e. The van der Waals surface area contributed by atoms with Crippen LogP contribution in [-0.2, 0) is 18.2 Å². The van der Waals surface area contributed by atoms with Gasteiger partial charge in [0, 0.05) is 26.1 Å². The van der Waals surface area contributed by atoms with Crippen LogP contribution in [0.1, 0.15) is 5.69 Å². The van der Waals surface area contributed by atoms with Gasteiger partial charge in [-0.25, -0.2) is 4.39 Å². The van der Waals surface area contributed by atoms with Gasteiger partial charge in [0.1, 0.15) is 11.6 Å². The number of hydrogen-bond acceptors (Lipinski definition) is 3. The van der Waals surface area contributed by atoms with Crippen LogP contribution in [0.15, 0.2) is 18.2 Å². The Kier molecular flexibility index (Phi) is 4.07. The molecule has 4 nitrogen and oxygen atoms in total. The maximum atomic E-state index is 14.0. The third-order valence-electron chi connectivity index (χ3n) is 2.92. The van der Waals surface area contributed by atoms with Crippen LogP contribution in [0.4, 0.5) is 10.2 Å². The van der Waals surface area contributed by atoms with Crippen LogP contribution in [0.5, 0.6) is 0 Å². The van der Waals surface area contributed by atoms with Crippen LogP contribution in [0.25, 0.3) is 11.1 Å². The first kappa shape index (κ1) is 13.8. The molecule has 1 aromatic heterocycles. The molecule has 0 saturated heterocycles. The molecule has 0 saturated carbocycles. The average Bonchev–Trinajstić information content (AvgIpc) is 2.64. The molecule has 0 atom stereocenters. The van der Waals surface area contributed by atoms with Crippen LogP contribution < -0.4 is 5.73 Å². The first-order valence-electron chi connectivity index (χ1n) is 5.81. The average molecular weight is 284 g/mol. The number of halogens is 2. The lowest BCUT2D eigenvalue weighted by Crippen LogP contribution is -1.99. The fourth-order valence-corrected chi connectivity index (χ4v) is 2.23. The van der Waals surface area contributed by atoms with Gasteiger partial charge in [0.15, 0.2) is 0 Å². The predicted octanol–water partition coefficient (Wildman–Crippen LogP) is 2.65. The summed E-state index contributed by atoms with van der Waals surface area (Å²) in [6, 6.07) is 4.54. The predicted molar refractivity (Wildman–Crippen MR) is 73.6 cm³/mol. The van der Waals surface area contributed by atoms with E-state index in [2.05, 4.69) is 5.10 Å². The summed E-state index contributed by atoms with van der Waals surface area (Å²) in [5.41, 5.74) is 7.49. The van der Waals surface area contributed by atoms with E-state index in [1.54, 1.807) is 26.3 Å². The molecule has 0 amide bonds. The van der Waals surface area contributed by atoms with Gasteiger partial charge in [-0.05, 0) is 12.1 Å². The highest BCUT2D eigenvalue weighted by molar-refractivity contribution is 6.33. The molecular weight excluding hydrogens is 269 g/mol. The summed E-state index contributed by atoms with van der Waals surface area (Å²) in [6.07, 6.45) is 0.543. The number of hydrogen-bond donors (Lipinski definition) is 1. The van der Waals surface area contributed by atoms with Crippen molar-refractivity contribution in [3.63, 3.8) is 0 Å². The minimum atomic E-state index is -0.411. The van der Waals surface area contributed by atoms with Gasteiger partial charge in [0.05, 0.1) is 22.9 Å². The molecular formula is C13H15ClFN3O. The van der Waals surface area contributed by atoms with Gasteiger partial charge in [0.2, 0.25) is 0 Å². The lowest BCUT2D eigenvalue weighted by Gasteiger charge is -2.07. The zero-order valence-electron chi connectivity index (χ0n) is 10.8. The second kappa shape index (κ2) is 5.59. The Bertz CT molecular complexity index is 578. The Morgan fingerprint density at radius 1 is 1.42 bits per heavy atom. The van der Waals surface area contributed by atoms with Gasteiger partial charge in [-0.1, -0.05) is 17.7 Å². The first-order chi connectivity index (χ1) is 9.06. The molecule has 0 spiro atoms. The molecule has 1 aromatic carbocycles. The van der Waals surface area contributed by atoms with E-state index in [-0.39, 0.29) is 0 Å². The molecule has 0 radical (unpaired) electrons. The van der Waals surface area contributed by atoms with Crippen molar-refractivity contribution in [1.82, 2.24) is 9.78 Å². The highest BCUT2D eigenvalue weighted by atomic mass is 35.5. The summed E-state index contributed by atoms with van der Waals surface area (Å²) in [5.74, 6) is -0.0241. The molecule has 6 heteroatoms. The topological polar surface area (TPSA) is 53.1 Å². The van der Waals surface area contributed by atoms with E-state index in [0.717, 1.165) is 0 Å². The highest BCUT2D eigenvalue weighted by Gasteiger charge is 2.20. The summed E-state index contributed by atoms with van der Waals surface area (Å²) in [6.45, 7) is 0.482. The molecule has 2 N–H and O–H groups in total. The van der Waals surface area contributed by atoms with Crippen LogP contribution in [0, 0.1) is 5.82 Å². The van der Waals surface area contributed by atoms with E-state index in [0.29, 0.717) is 40.7 Å². The van der Waals surface area contributed by atoms with Crippen molar-refractivity contribution in [1.29, 1.82) is 0 Å². The van der Waals surface area contributed by atoms with Gasteiger partial charge in [-0.2, -0.15) is 5.10 Å². The molecule has 0 unspecified atom stereocenters. The van der Waals surface area contributed by atoms with Gasteiger partial charge in [-0.3, -0.25) is 4.68 Å². The van der Waals surface area contributed by atoms with E-state index in [1.807, 2.05) is 0 Å². The number of ether oxygens (including phenoxy) is 1. The minimum Gasteiger partial charge on any atom is -0.384 e. The van der Waals surface area contributed by atoms with Gasteiger partial charge in [0.25, 0.3) is 0 Å². The molecule has 2 aromatic rings. The van der Waals surface area contributed by atoms with E-state index in [4.69, 9.17) is 22.1 Å². The van der Waals surface area contributed by atoms with Crippen LogP contribution in [0.3, 0.4) is 0 Å². The van der Waals surface area contributed by atoms with Crippen LogP contribution in [-0.4, -0.2) is 23.5 Å². The number of nitrogens with zero attached hydrogens (tertiary/aromatic N) is 2. The molecule has 0 aliphatic heterocycles. The molecule has 0 fully saturated rings. The van der Waals surface area contributed by atoms with Crippen molar-refractivity contribution in [3.05, 3.63) is 34.7 Å². The Labute approximate surface area is 115 Å². The highest BCUT2D eigenvalue weighted by Crippen LogP contribution is 2.36. The second-order valence-corrected chi connectivity index (χ2v) is 4.58. The molecule has 0 bridgehead atoms. The Morgan fingerprint density at radius 3 is 2.79 bits per heavy atom. The summed E-state index contributed by atoms with van der Waals surface area (Å²) in [5, 5.41) is 4.61. The van der Waals surface area contributed by atoms with Crippen LogP contribution >= 0.6 is 11.6 Å². The number of methoxy groups -OCH3 is 1. The summed E-state index contributed by atoms with van der Waals surface area (Å²) >= 11 is 6.09. The van der Waals surface area contributed by atoms with Crippen molar-refractivity contribution in [3.8, 4) is 11.1 Å². The first-order valence-corrected chi connectivity index (χ1v) is 6.18. The number of anilines is 1. The molecule has 1 heterocycles. The number of rotatable bonds is 4. The van der Waals surface area contributed by atoms with Gasteiger partial charge >= 0.3 is 0 Å². The molecule has 19 heavy (non-hydrogen) atoms. The van der Waals surface area contributed by atoms with Gasteiger partial charge in [-0.15, -0.1) is 0 Å².